The molecule has 0 saturated heterocycles. The number of benzene rings is 1. The van der Waals surface area contributed by atoms with Crippen LogP contribution in [0.5, 0.6) is 0 Å². The molecule has 1 heterocycles. The summed E-state index contributed by atoms with van der Waals surface area (Å²) in [6.07, 6.45) is 1.82. The normalized spacial score (nSPS) is 12.2. The van der Waals surface area contributed by atoms with Crippen LogP contribution >= 0.6 is 27.5 Å². The van der Waals surface area contributed by atoms with Crippen LogP contribution in [0.15, 0.2) is 45.8 Å². The number of nitrogens with zero attached hydrogens (tertiary/aromatic N) is 1. The smallest absolute Gasteiger partial charge is 0.250 e. The lowest BCUT2D eigenvalue weighted by atomic mass is 10.1. The molecule has 1 atom stereocenters. The zero-order valence-corrected chi connectivity index (χ0v) is 13.7. The SMILES string of the molecule is CCn1cc(NC(C)c2ccc(Br)cc2Cl)ccc1=O. The molecule has 0 aliphatic rings. The van der Waals surface area contributed by atoms with Crippen LogP contribution in [0.1, 0.15) is 25.5 Å². The first-order chi connectivity index (χ1) is 9.51. The fourth-order valence-corrected chi connectivity index (χ4v) is 2.88. The Morgan fingerprint density at radius 2 is 2.10 bits per heavy atom. The number of hydrogen-bond acceptors (Lipinski definition) is 2. The van der Waals surface area contributed by atoms with Gasteiger partial charge in [0.2, 0.25) is 0 Å². The van der Waals surface area contributed by atoms with Gasteiger partial charge in [0.05, 0.1) is 11.7 Å². The van der Waals surface area contributed by atoms with Crippen molar-refractivity contribution in [2.24, 2.45) is 0 Å². The molecule has 0 radical (unpaired) electrons. The molecule has 0 fully saturated rings. The van der Waals surface area contributed by atoms with Gasteiger partial charge in [0.25, 0.3) is 5.56 Å². The third kappa shape index (κ3) is 3.44. The van der Waals surface area contributed by atoms with Crippen LogP contribution in [0, 0.1) is 0 Å². The lowest BCUT2D eigenvalue weighted by Gasteiger charge is -2.18. The van der Waals surface area contributed by atoms with Crippen molar-refractivity contribution in [1.29, 1.82) is 0 Å². The highest BCUT2D eigenvalue weighted by molar-refractivity contribution is 9.10. The van der Waals surface area contributed by atoms with Crippen molar-refractivity contribution in [2.45, 2.75) is 26.4 Å². The van der Waals surface area contributed by atoms with Crippen molar-refractivity contribution in [3.63, 3.8) is 0 Å². The standard InChI is InChI=1S/C15H16BrClN2O/c1-3-19-9-12(5-7-15(19)20)18-10(2)13-6-4-11(16)8-14(13)17/h4-10,18H,3H2,1-2H3. The summed E-state index contributed by atoms with van der Waals surface area (Å²) in [5, 5.41) is 4.07. The average Bonchev–Trinajstić information content (AvgIpc) is 2.40. The number of pyridine rings is 1. The van der Waals surface area contributed by atoms with E-state index in [1.54, 1.807) is 16.7 Å². The molecule has 0 aliphatic heterocycles. The van der Waals surface area contributed by atoms with Gasteiger partial charge in [0.1, 0.15) is 0 Å². The van der Waals surface area contributed by atoms with Gasteiger partial charge >= 0.3 is 0 Å². The van der Waals surface area contributed by atoms with Gasteiger partial charge in [0, 0.05) is 28.3 Å². The minimum absolute atomic E-state index is 0.00683. The zero-order valence-electron chi connectivity index (χ0n) is 11.4. The Balaban J connectivity index is 2.23. The van der Waals surface area contributed by atoms with E-state index in [1.165, 1.54) is 0 Å². The maximum Gasteiger partial charge on any atom is 0.250 e. The largest absolute Gasteiger partial charge is 0.377 e. The maximum atomic E-state index is 11.6. The first-order valence-electron chi connectivity index (χ1n) is 6.43. The quantitative estimate of drug-likeness (QED) is 0.878. The van der Waals surface area contributed by atoms with E-state index in [-0.39, 0.29) is 11.6 Å². The molecule has 1 aromatic carbocycles. The molecule has 2 aromatic rings. The van der Waals surface area contributed by atoms with Crippen LogP contribution in [-0.4, -0.2) is 4.57 Å². The topological polar surface area (TPSA) is 34.0 Å². The Bertz CT molecular complexity index is 669. The lowest BCUT2D eigenvalue weighted by molar-refractivity contribution is 0.725. The molecular weight excluding hydrogens is 340 g/mol. The van der Waals surface area contributed by atoms with E-state index in [0.717, 1.165) is 15.7 Å². The first kappa shape index (κ1) is 15.1. The van der Waals surface area contributed by atoms with Crippen molar-refractivity contribution in [2.75, 3.05) is 5.32 Å². The third-order valence-corrected chi connectivity index (χ3v) is 3.96. The number of nitrogens with one attached hydrogen (secondary N) is 1. The van der Waals surface area contributed by atoms with E-state index in [4.69, 9.17) is 11.6 Å². The Morgan fingerprint density at radius 1 is 1.35 bits per heavy atom. The van der Waals surface area contributed by atoms with Crippen molar-refractivity contribution in [3.8, 4) is 0 Å². The van der Waals surface area contributed by atoms with E-state index in [1.807, 2.05) is 38.2 Å². The summed E-state index contributed by atoms with van der Waals surface area (Å²) in [4.78, 5) is 11.6. The predicted octanol–water partition coefficient (Wildman–Crippen LogP) is 4.46. The van der Waals surface area contributed by atoms with Crippen molar-refractivity contribution < 1.29 is 0 Å². The summed E-state index contributed by atoms with van der Waals surface area (Å²) >= 11 is 9.65. The van der Waals surface area contributed by atoms with E-state index in [2.05, 4.69) is 21.2 Å². The summed E-state index contributed by atoms with van der Waals surface area (Å²) in [5.41, 5.74) is 1.93. The van der Waals surface area contributed by atoms with E-state index >= 15 is 0 Å². The van der Waals surface area contributed by atoms with Crippen LogP contribution in [-0.2, 0) is 6.54 Å². The Kier molecular flexibility index (Phi) is 4.89. The molecule has 3 nitrogen and oxygen atoms in total. The van der Waals surface area contributed by atoms with E-state index in [0.29, 0.717) is 11.6 Å². The monoisotopic (exact) mass is 354 g/mol. The molecule has 2 rings (SSSR count). The van der Waals surface area contributed by atoms with Gasteiger partial charge in [-0.3, -0.25) is 4.79 Å². The molecule has 106 valence electrons. The molecule has 1 aromatic heterocycles. The number of halogens is 2. The van der Waals surface area contributed by atoms with Crippen LogP contribution in [0.3, 0.4) is 0 Å². The van der Waals surface area contributed by atoms with Gasteiger partial charge < -0.3 is 9.88 Å². The highest BCUT2D eigenvalue weighted by Crippen LogP contribution is 2.28. The lowest BCUT2D eigenvalue weighted by Crippen LogP contribution is -2.18. The highest BCUT2D eigenvalue weighted by atomic mass is 79.9. The summed E-state index contributed by atoms with van der Waals surface area (Å²) in [6.45, 7) is 4.64. The number of anilines is 1. The minimum atomic E-state index is 0.00683. The second-order valence-corrected chi connectivity index (χ2v) is 5.90. The molecule has 1 N–H and O–H groups in total. The molecule has 1 unspecified atom stereocenters. The first-order valence-corrected chi connectivity index (χ1v) is 7.60. The second kappa shape index (κ2) is 6.46. The second-order valence-electron chi connectivity index (χ2n) is 4.57. The fourth-order valence-electron chi connectivity index (χ4n) is 2.04. The van der Waals surface area contributed by atoms with Gasteiger partial charge in [-0.25, -0.2) is 0 Å². The Hall–Kier alpha value is -1.26. The Labute approximate surface area is 131 Å². The molecular formula is C15H16BrClN2O. The van der Waals surface area contributed by atoms with Gasteiger partial charge in [-0.2, -0.15) is 0 Å². The fraction of sp³-hybridized carbons (Fsp3) is 0.267. The molecule has 0 spiro atoms. The molecule has 20 heavy (non-hydrogen) atoms. The van der Waals surface area contributed by atoms with Crippen LogP contribution in [0.2, 0.25) is 5.02 Å². The van der Waals surface area contributed by atoms with E-state index in [9.17, 15) is 4.79 Å². The number of aryl methyl sites for hydroxylation is 1. The van der Waals surface area contributed by atoms with Crippen LogP contribution in [0.4, 0.5) is 5.69 Å². The van der Waals surface area contributed by atoms with Crippen molar-refractivity contribution in [1.82, 2.24) is 4.57 Å². The van der Waals surface area contributed by atoms with E-state index < -0.39 is 0 Å². The predicted molar refractivity (Wildman–Crippen MR) is 87.6 cm³/mol. The molecule has 0 aliphatic carbocycles. The van der Waals surface area contributed by atoms with Crippen LogP contribution < -0.4 is 10.9 Å². The number of rotatable bonds is 4. The zero-order chi connectivity index (χ0) is 14.7. The average molecular weight is 356 g/mol. The summed E-state index contributed by atoms with van der Waals surface area (Å²) < 4.78 is 2.62. The summed E-state index contributed by atoms with van der Waals surface area (Å²) in [6, 6.07) is 9.24. The number of aromatic nitrogens is 1. The summed E-state index contributed by atoms with van der Waals surface area (Å²) in [5.74, 6) is 0. The summed E-state index contributed by atoms with van der Waals surface area (Å²) in [7, 11) is 0. The van der Waals surface area contributed by atoms with Crippen molar-refractivity contribution in [3.05, 3.63) is 61.9 Å². The van der Waals surface area contributed by atoms with Gasteiger partial charge in [0.15, 0.2) is 0 Å². The number of hydrogen-bond donors (Lipinski definition) is 1. The van der Waals surface area contributed by atoms with Crippen molar-refractivity contribution >= 4 is 33.2 Å². The van der Waals surface area contributed by atoms with Crippen LogP contribution in [0.25, 0.3) is 0 Å². The molecule has 5 heteroatoms. The molecule has 0 saturated carbocycles. The molecule has 0 amide bonds. The highest BCUT2D eigenvalue weighted by Gasteiger charge is 2.10. The Morgan fingerprint density at radius 3 is 2.75 bits per heavy atom. The van der Waals surface area contributed by atoms with Gasteiger partial charge in [-0.05, 0) is 37.6 Å². The third-order valence-electron chi connectivity index (χ3n) is 3.14. The maximum absolute atomic E-state index is 11.6. The minimum Gasteiger partial charge on any atom is -0.377 e. The van der Waals surface area contributed by atoms with Gasteiger partial charge in [-0.15, -0.1) is 0 Å². The molecule has 0 bridgehead atoms. The van der Waals surface area contributed by atoms with Gasteiger partial charge in [-0.1, -0.05) is 33.6 Å².